The summed E-state index contributed by atoms with van der Waals surface area (Å²) in [4.78, 5) is 20.9. The van der Waals surface area contributed by atoms with Gasteiger partial charge in [-0.05, 0) is 49.9 Å². The van der Waals surface area contributed by atoms with Gasteiger partial charge in [-0.2, -0.15) is 0 Å². The molecule has 1 aliphatic carbocycles. The smallest absolute Gasteiger partial charge is 0.217 e. The highest BCUT2D eigenvalue weighted by Gasteiger charge is 2.37. The minimum absolute atomic E-state index is 0.0446. The van der Waals surface area contributed by atoms with Crippen molar-refractivity contribution in [3.8, 4) is 5.75 Å². The number of hydrogen-bond donors (Lipinski definition) is 2. The zero-order valence-corrected chi connectivity index (χ0v) is 19.2. The summed E-state index contributed by atoms with van der Waals surface area (Å²) in [6.45, 7) is 1.53. The maximum Gasteiger partial charge on any atom is 0.217 e. The van der Waals surface area contributed by atoms with Crippen LogP contribution in [0.25, 0.3) is 0 Å². The molecule has 0 aliphatic heterocycles. The third-order valence-corrected chi connectivity index (χ3v) is 6.51. The number of aromatic nitrogens is 2. The second kappa shape index (κ2) is 9.83. The number of nitrogens with one attached hydrogen (secondary N) is 2. The molecular weight excluding hydrogens is 451 g/mol. The Hall–Kier alpha value is -2.71. The van der Waals surface area contributed by atoms with Crippen LogP contribution in [-0.4, -0.2) is 27.5 Å². The van der Waals surface area contributed by atoms with Crippen molar-refractivity contribution in [2.45, 2.75) is 50.7 Å². The number of thiazole rings is 1. The van der Waals surface area contributed by atoms with Crippen LogP contribution in [0, 0.1) is 5.82 Å². The van der Waals surface area contributed by atoms with Crippen molar-refractivity contribution in [1.29, 1.82) is 0 Å². The Kier molecular flexibility index (Phi) is 6.91. The largest absolute Gasteiger partial charge is 0.487 e. The van der Waals surface area contributed by atoms with E-state index in [-0.39, 0.29) is 22.8 Å². The number of amides is 1. The van der Waals surface area contributed by atoms with Gasteiger partial charge in [-0.1, -0.05) is 23.7 Å². The SMILES string of the molecule is CC(=O)N[C@]1(Cc2cccc(Nc3nccs3)n2)CC[C@@H](Oc2cccc(Cl)c2F)CC1. The predicted octanol–water partition coefficient (Wildman–Crippen LogP) is 5.51. The van der Waals surface area contributed by atoms with Crippen LogP contribution in [0.3, 0.4) is 0 Å². The van der Waals surface area contributed by atoms with Gasteiger partial charge in [0.05, 0.1) is 11.1 Å². The molecule has 4 rings (SSSR count). The molecule has 0 atom stereocenters. The summed E-state index contributed by atoms with van der Waals surface area (Å²) in [6, 6.07) is 10.5. The first-order valence-corrected chi connectivity index (χ1v) is 11.7. The number of halogens is 2. The minimum atomic E-state index is -0.540. The third kappa shape index (κ3) is 5.55. The molecule has 3 aromatic rings. The van der Waals surface area contributed by atoms with Crippen molar-refractivity contribution in [2.75, 3.05) is 5.32 Å². The molecule has 0 radical (unpaired) electrons. The van der Waals surface area contributed by atoms with Crippen molar-refractivity contribution >= 4 is 39.8 Å². The van der Waals surface area contributed by atoms with E-state index in [4.69, 9.17) is 21.3 Å². The summed E-state index contributed by atoms with van der Waals surface area (Å²) in [5.41, 5.74) is 0.450. The van der Waals surface area contributed by atoms with E-state index in [1.807, 2.05) is 23.6 Å². The topological polar surface area (TPSA) is 76.1 Å². The molecule has 1 aliphatic rings. The lowest BCUT2D eigenvalue weighted by molar-refractivity contribution is -0.121. The molecule has 168 valence electrons. The van der Waals surface area contributed by atoms with Crippen LogP contribution in [0.15, 0.2) is 48.0 Å². The van der Waals surface area contributed by atoms with E-state index in [0.717, 1.165) is 10.8 Å². The van der Waals surface area contributed by atoms with Gasteiger partial charge in [0, 0.05) is 36.2 Å². The number of benzene rings is 1. The van der Waals surface area contributed by atoms with Crippen molar-refractivity contribution in [3.05, 3.63) is 64.5 Å². The predicted molar refractivity (Wildman–Crippen MR) is 124 cm³/mol. The molecule has 2 N–H and O–H groups in total. The highest BCUT2D eigenvalue weighted by molar-refractivity contribution is 7.13. The summed E-state index contributed by atoms with van der Waals surface area (Å²) < 4.78 is 20.1. The standard InChI is InChI=1S/C23H24ClFN4O2S/c1-15(30)29-23(14-16-4-2-7-20(27-16)28-22-26-12-13-32-22)10-8-17(9-11-23)31-19-6-3-5-18(24)21(19)25/h2-7,12-13,17H,8-11,14H2,1H3,(H,29,30)(H,26,27,28)/t17-,23-. The Balaban J connectivity index is 1.44. The third-order valence-electron chi connectivity index (χ3n) is 5.53. The number of carbonyl (C=O) groups excluding carboxylic acids is 1. The van der Waals surface area contributed by atoms with E-state index in [2.05, 4.69) is 15.6 Å². The van der Waals surface area contributed by atoms with Gasteiger partial charge in [0.1, 0.15) is 5.82 Å². The van der Waals surface area contributed by atoms with Gasteiger partial charge in [-0.15, -0.1) is 11.3 Å². The molecule has 2 aromatic heterocycles. The molecule has 1 saturated carbocycles. The molecule has 6 nitrogen and oxygen atoms in total. The van der Waals surface area contributed by atoms with Crippen molar-refractivity contribution in [2.24, 2.45) is 0 Å². The average molecular weight is 475 g/mol. The lowest BCUT2D eigenvalue weighted by Gasteiger charge is -2.40. The number of nitrogens with zero attached hydrogens (tertiary/aromatic N) is 2. The number of anilines is 2. The molecule has 0 saturated heterocycles. The Morgan fingerprint density at radius 1 is 1.28 bits per heavy atom. The van der Waals surface area contributed by atoms with Gasteiger partial charge in [-0.25, -0.2) is 14.4 Å². The maximum absolute atomic E-state index is 14.2. The van der Waals surface area contributed by atoms with E-state index in [0.29, 0.717) is 37.9 Å². The second-order valence-electron chi connectivity index (χ2n) is 7.98. The highest BCUT2D eigenvalue weighted by atomic mass is 35.5. The van der Waals surface area contributed by atoms with Crippen LogP contribution >= 0.6 is 22.9 Å². The van der Waals surface area contributed by atoms with E-state index < -0.39 is 11.4 Å². The summed E-state index contributed by atoms with van der Waals surface area (Å²) in [5.74, 6) is 0.255. The van der Waals surface area contributed by atoms with Crippen LogP contribution < -0.4 is 15.4 Å². The Labute approximate surface area is 195 Å². The molecular formula is C23H24ClFN4O2S. The lowest BCUT2D eigenvalue weighted by atomic mass is 9.77. The van der Waals surface area contributed by atoms with Gasteiger partial charge in [0.15, 0.2) is 16.7 Å². The van der Waals surface area contributed by atoms with Gasteiger partial charge >= 0.3 is 0 Å². The molecule has 0 bridgehead atoms. The number of rotatable bonds is 7. The average Bonchev–Trinajstić information content (AvgIpc) is 3.26. The van der Waals surface area contributed by atoms with E-state index >= 15 is 0 Å². The van der Waals surface area contributed by atoms with E-state index in [1.165, 1.54) is 24.3 Å². The first-order chi connectivity index (χ1) is 15.4. The zero-order chi connectivity index (χ0) is 22.6. The van der Waals surface area contributed by atoms with Crippen LogP contribution in [0.5, 0.6) is 5.75 Å². The fourth-order valence-electron chi connectivity index (χ4n) is 4.12. The monoisotopic (exact) mass is 474 g/mol. The summed E-state index contributed by atoms with van der Waals surface area (Å²) >= 11 is 7.37. The molecule has 0 spiro atoms. The minimum Gasteiger partial charge on any atom is -0.487 e. The fraction of sp³-hybridized carbons (Fsp3) is 0.348. The van der Waals surface area contributed by atoms with Crippen molar-refractivity contribution in [3.63, 3.8) is 0 Å². The van der Waals surface area contributed by atoms with E-state index in [1.54, 1.807) is 18.3 Å². The first-order valence-electron chi connectivity index (χ1n) is 10.4. The normalized spacial score (nSPS) is 20.5. The Morgan fingerprint density at radius 3 is 2.78 bits per heavy atom. The van der Waals surface area contributed by atoms with Gasteiger partial charge < -0.3 is 15.4 Å². The van der Waals surface area contributed by atoms with E-state index in [9.17, 15) is 9.18 Å². The molecule has 32 heavy (non-hydrogen) atoms. The Bertz CT molecular complexity index is 1070. The van der Waals surface area contributed by atoms with Crippen molar-refractivity contribution in [1.82, 2.24) is 15.3 Å². The summed E-state index contributed by atoms with van der Waals surface area (Å²) in [5, 5.41) is 9.07. The maximum atomic E-state index is 14.2. The van der Waals surface area contributed by atoms with Gasteiger partial charge in [-0.3, -0.25) is 4.79 Å². The Morgan fingerprint density at radius 2 is 2.06 bits per heavy atom. The highest BCUT2D eigenvalue weighted by Crippen LogP contribution is 2.35. The van der Waals surface area contributed by atoms with Crippen LogP contribution in [0.2, 0.25) is 5.02 Å². The molecule has 1 amide bonds. The second-order valence-corrected chi connectivity index (χ2v) is 9.29. The van der Waals surface area contributed by atoms with Crippen molar-refractivity contribution < 1.29 is 13.9 Å². The quantitative estimate of drug-likeness (QED) is 0.472. The first kappa shape index (κ1) is 22.5. The molecule has 1 fully saturated rings. The number of ether oxygens (including phenoxy) is 1. The summed E-state index contributed by atoms with van der Waals surface area (Å²) in [7, 11) is 0. The molecule has 0 unspecified atom stereocenters. The summed E-state index contributed by atoms with van der Waals surface area (Å²) in [6.07, 6.45) is 4.95. The number of pyridine rings is 1. The van der Waals surface area contributed by atoms with Crippen LogP contribution in [-0.2, 0) is 11.2 Å². The van der Waals surface area contributed by atoms with Crippen LogP contribution in [0.4, 0.5) is 15.3 Å². The molecule has 2 heterocycles. The number of carbonyl (C=O) groups is 1. The van der Waals surface area contributed by atoms with Crippen LogP contribution in [0.1, 0.15) is 38.3 Å². The van der Waals surface area contributed by atoms with Gasteiger partial charge in [0.2, 0.25) is 5.91 Å². The fourth-order valence-corrected chi connectivity index (χ4v) is 4.83. The molecule has 1 aromatic carbocycles. The van der Waals surface area contributed by atoms with Gasteiger partial charge in [0.25, 0.3) is 0 Å². The molecule has 9 heteroatoms. The number of hydrogen-bond acceptors (Lipinski definition) is 6. The zero-order valence-electron chi connectivity index (χ0n) is 17.6. The lowest BCUT2D eigenvalue weighted by Crippen LogP contribution is -2.53.